The lowest BCUT2D eigenvalue weighted by Gasteiger charge is -2.08. The Morgan fingerprint density at radius 2 is 2.20 bits per heavy atom. The molecule has 1 aromatic heterocycles. The zero-order chi connectivity index (χ0) is 11.3. The van der Waals surface area contributed by atoms with Crippen molar-refractivity contribution in [2.45, 2.75) is 6.42 Å². The van der Waals surface area contributed by atoms with Gasteiger partial charge in [-0.25, -0.2) is 4.98 Å². The van der Waals surface area contributed by atoms with Crippen molar-refractivity contribution in [3.05, 3.63) is 16.1 Å². The summed E-state index contributed by atoms with van der Waals surface area (Å²) in [7, 11) is 1.66. The summed E-state index contributed by atoms with van der Waals surface area (Å²) in [6.07, 6.45) is 0.872. The van der Waals surface area contributed by atoms with Crippen molar-refractivity contribution in [2.24, 2.45) is 0 Å². The highest BCUT2D eigenvalue weighted by molar-refractivity contribution is 6.37. The van der Waals surface area contributed by atoms with Gasteiger partial charge in [-0.3, -0.25) is 0 Å². The number of hydrogen-bond acceptors (Lipinski definition) is 4. The van der Waals surface area contributed by atoms with Crippen molar-refractivity contribution in [2.75, 3.05) is 31.3 Å². The molecule has 15 heavy (non-hydrogen) atoms. The van der Waals surface area contributed by atoms with Gasteiger partial charge in [0.1, 0.15) is 11.6 Å². The predicted molar refractivity (Wildman–Crippen MR) is 63.7 cm³/mol. The number of halogens is 2. The lowest BCUT2D eigenvalue weighted by molar-refractivity contribution is 0.198. The summed E-state index contributed by atoms with van der Waals surface area (Å²) in [6.45, 7) is 1.41. The Morgan fingerprint density at radius 3 is 2.87 bits per heavy atom. The number of ether oxygens (including phenoxy) is 1. The number of rotatable bonds is 5. The molecule has 0 saturated heterocycles. The monoisotopic (exact) mass is 249 g/mol. The molecule has 0 amide bonds. The fourth-order valence-electron chi connectivity index (χ4n) is 1.03. The molecule has 84 valence electrons. The van der Waals surface area contributed by atoms with Crippen molar-refractivity contribution in [1.29, 1.82) is 0 Å². The first-order chi connectivity index (χ1) is 7.15. The number of methoxy groups -OCH3 is 1. The molecule has 0 spiro atoms. The van der Waals surface area contributed by atoms with E-state index >= 15 is 0 Å². The molecule has 0 aliphatic carbocycles. The highest BCUT2D eigenvalue weighted by atomic mass is 35.5. The van der Waals surface area contributed by atoms with Crippen LogP contribution < -0.4 is 11.1 Å². The topological polar surface area (TPSA) is 60.2 Å². The number of pyridine rings is 1. The van der Waals surface area contributed by atoms with Gasteiger partial charge < -0.3 is 15.8 Å². The van der Waals surface area contributed by atoms with E-state index in [1.54, 1.807) is 13.2 Å². The first-order valence-corrected chi connectivity index (χ1v) is 5.25. The maximum Gasteiger partial charge on any atom is 0.147 e. The summed E-state index contributed by atoms with van der Waals surface area (Å²) in [5.41, 5.74) is 5.55. The molecule has 1 rings (SSSR count). The summed E-state index contributed by atoms with van der Waals surface area (Å²) in [4.78, 5) is 4.03. The lowest BCUT2D eigenvalue weighted by Crippen LogP contribution is -2.07. The third kappa shape index (κ3) is 3.74. The van der Waals surface area contributed by atoms with E-state index in [9.17, 15) is 0 Å². The van der Waals surface area contributed by atoms with Gasteiger partial charge in [0.25, 0.3) is 0 Å². The molecule has 1 heterocycles. The van der Waals surface area contributed by atoms with Crippen molar-refractivity contribution >= 4 is 34.8 Å². The van der Waals surface area contributed by atoms with Gasteiger partial charge in [0.05, 0.1) is 10.0 Å². The number of anilines is 2. The predicted octanol–water partition coefficient (Wildman–Crippen LogP) is 2.42. The Labute approximate surface area is 98.7 Å². The van der Waals surface area contributed by atoms with Crippen LogP contribution >= 0.6 is 23.2 Å². The minimum absolute atomic E-state index is 0.273. The summed E-state index contributed by atoms with van der Waals surface area (Å²) in [5.74, 6) is 0.824. The van der Waals surface area contributed by atoms with E-state index in [0.717, 1.165) is 13.0 Å². The van der Waals surface area contributed by atoms with Crippen molar-refractivity contribution in [3.8, 4) is 0 Å². The van der Waals surface area contributed by atoms with E-state index < -0.39 is 0 Å². The molecule has 3 N–H and O–H groups in total. The van der Waals surface area contributed by atoms with Crippen LogP contribution in [0.1, 0.15) is 6.42 Å². The SMILES string of the molecule is COCCCNc1nc(N)c(Cl)cc1Cl. The zero-order valence-corrected chi connectivity index (χ0v) is 9.90. The third-order valence-corrected chi connectivity index (χ3v) is 2.37. The van der Waals surface area contributed by atoms with Crippen molar-refractivity contribution in [1.82, 2.24) is 4.98 Å². The van der Waals surface area contributed by atoms with Crippen LogP contribution in [-0.4, -0.2) is 25.2 Å². The molecule has 0 radical (unpaired) electrons. The number of nitrogens with one attached hydrogen (secondary N) is 1. The molecular weight excluding hydrogens is 237 g/mol. The smallest absolute Gasteiger partial charge is 0.147 e. The van der Waals surface area contributed by atoms with Gasteiger partial charge in [-0.2, -0.15) is 0 Å². The van der Waals surface area contributed by atoms with Crippen LogP contribution in [0.3, 0.4) is 0 Å². The van der Waals surface area contributed by atoms with Gasteiger partial charge in [-0.15, -0.1) is 0 Å². The minimum atomic E-state index is 0.273. The van der Waals surface area contributed by atoms with Gasteiger partial charge in [0.15, 0.2) is 0 Å². The van der Waals surface area contributed by atoms with E-state index in [-0.39, 0.29) is 5.82 Å². The molecule has 0 bridgehead atoms. The van der Waals surface area contributed by atoms with Crippen LogP contribution in [-0.2, 0) is 4.74 Å². The molecular formula is C9H13Cl2N3O. The molecule has 0 unspecified atom stereocenters. The summed E-state index contributed by atoms with van der Waals surface area (Å²) in [5, 5.41) is 3.88. The average Bonchev–Trinajstić information content (AvgIpc) is 2.20. The summed E-state index contributed by atoms with van der Waals surface area (Å²) < 4.78 is 4.91. The van der Waals surface area contributed by atoms with E-state index in [0.29, 0.717) is 22.5 Å². The van der Waals surface area contributed by atoms with Crippen LogP contribution in [0.25, 0.3) is 0 Å². The second kappa shape index (κ2) is 6.00. The van der Waals surface area contributed by atoms with E-state index in [4.69, 9.17) is 33.7 Å². The Balaban J connectivity index is 2.57. The van der Waals surface area contributed by atoms with E-state index in [1.807, 2.05) is 0 Å². The van der Waals surface area contributed by atoms with Gasteiger partial charge in [0, 0.05) is 20.3 Å². The number of nitrogen functional groups attached to an aromatic ring is 1. The van der Waals surface area contributed by atoms with E-state index in [2.05, 4.69) is 10.3 Å². The lowest BCUT2D eigenvalue weighted by atomic mass is 10.4. The van der Waals surface area contributed by atoms with E-state index in [1.165, 1.54) is 0 Å². The van der Waals surface area contributed by atoms with Gasteiger partial charge in [-0.1, -0.05) is 23.2 Å². The Morgan fingerprint density at radius 1 is 1.47 bits per heavy atom. The summed E-state index contributed by atoms with van der Waals surface area (Å²) in [6, 6.07) is 1.57. The van der Waals surface area contributed by atoms with Crippen LogP contribution in [0, 0.1) is 0 Å². The Bertz CT molecular complexity index is 333. The fourth-order valence-corrected chi connectivity index (χ4v) is 1.45. The standard InChI is InChI=1S/C9H13Cl2N3O/c1-15-4-2-3-13-9-7(11)5-6(10)8(12)14-9/h5H,2-4H2,1H3,(H3,12,13,14). The average molecular weight is 250 g/mol. The highest BCUT2D eigenvalue weighted by Crippen LogP contribution is 2.27. The number of aromatic nitrogens is 1. The molecule has 0 aromatic carbocycles. The van der Waals surface area contributed by atoms with Crippen LogP contribution in [0.4, 0.5) is 11.6 Å². The van der Waals surface area contributed by atoms with Gasteiger partial charge in [-0.05, 0) is 12.5 Å². The Kier molecular flexibility index (Phi) is 4.94. The van der Waals surface area contributed by atoms with Crippen LogP contribution in [0.15, 0.2) is 6.07 Å². The second-order valence-corrected chi connectivity index (χ2v) is 3.77. The first-order valence-electron chi connectivity index (χ1n) is 4.49. The largest absolute Gasteiger partial charge is 0.385 e. The number of nitrogens with zero attached hydrogens (tertiary/aromatic N) is 1. The molecule has 4 nitrogen and oxygen atoms in total. The van der Waals surface area contributed by atoms with Crippen LogP contribution in [0.5, 0.6) is 0 Å². The van der Waals surface area contributed by atoms with Gasteiger partial charge >= 0.3 is 0 Å². The van der Waals surface area contributed by atoms with Gasteiger partial charge in [0.2, 0.25) is 0 Å². The Hall–Kier alpha value is -0.710. The fraction of sp³-hybridized carbons (Fsp3) is 0.444. The van der Waals surface area contributed by atoms with Crippen molar-refractivity contribution < 1.29 is 4.74 Å². The molecule has 6 heteroatoms. The normalized spacial score (nSPS) is 10.3. The minimum Gasteiger partial charge on any atom is -0.385 e. The van der Waals surface area contributed by atoms with Crippen LogP contribution in [0.2, 0.25) is 10.0 Å². The molecule has 0 fully saturated rings. The second-order valence-electron chi connectivity index (χ2n) is 2.96. The highest BCUT2D eigenvalue weighted by Gasteiger charge is 2.05. The summed E-state index contributed by atoms with van der Waals surface area (Å²) >= 11 is 11.7. The molecule has 0 aliphatic rings. The third-order valence-electron chi connectivity index (χ3n) is 1.77. The molecule has 0 atom stereocenters. The maximum atomic E-state index is 5.92. The number of nitrogens with two attached hydrogens (primary N) is 1. The first kappa shape index (κ1) is 12.4. The number of hydrogen-bond donors (Lipinski definition) is 2. The molecule has 1 aromatic rings. The zero-order valence-electron chi connectivity index (χ0n) is 8.39. The molecule has 0 saturated carbocycles. The quantitative estimate of drug-likeness (QED) is 0.788. The van der Waals surface area contributed by atoms with Crippen molar-refractivity contribution in [3.63, 3.8) is 0 Å². The maximum absolute atomic E-state index is 5.92. The molecule has 0 aliphatic heterocycles.